The maximum Gasteiger partial charge on any atom is 0.119 e. The molecule has 8 heteroatoms. The lowest BCUT2D eigenvalue weighted by atomic mass is 10.2. The third-order valence-electron chi connectivity index (χ3n) is 6.39. The zero-order chi connectivity index (χ0) is 24.7. The third-order valence-corrected chi connectivity index (χ3v) is 6.39. The van der Waals surface area contributed by atoms with E-state index in [1.165, 1.54) is 11.1 Å². The summed E-state index contributed by atoms with van der Waals surface area (Å²) in [6.45, 7) is 13.0. The van der Waals surface area contributed by atoms with Crippen LogP contribution in [0.4, 0.5) is 0 Å². The fourth-order valence-corrected chi connectivity index (χ4v) is 4.48. The summed E-state index contributed by atoms with van der Waals surface area (Å²) in [5, 5.41) is 7.30. The van der Waals surface area contributed by atoms with Gasteiger partial charge in [-0.2, -0.15) is 0 Å². The summed E-state index contributed by atoms with van der Waals surface area (Å²) in [6, 6.07) is 16.8. The molecule has 0 radical (unpaired) electrons. The van der Waals surface area contributed by atoms with E-state index in [1.807, 2.05) is 12.1 Å². The summed E-state index contributed by atoms with van der Waals surface area (Å²) in [5.41, 5.74) is 2.55. The molecule has 36 heavy (non-hydrogen) atoms. The van der Waals surface area contributed by atoms with E-state index in [1.54, 1.807) is 0 Å². The minimum Gasteiger partial charge on any atom is -0.491 e. The summed E-state index contributed by atoms with van der Waals surface area (Å²) in [5.74, 6) is 1.79. The van der Waals surface area contributed by atoms with Crippen LogP contribution < -0.4 is 20.1 Å². The van der Waals surface area contributed by atoms with Crippen molar-refractivity contribution in [2.24, 2.45) is 0 Å². The minimum absolute atomic E-state index is 0.525. The summed E-state index contributed by atoms with van der Waals surface area (Å²) >= 11 is 0. The predicted molar refractivity (Wildman–Crippen MR) is 142 cm³/mol. The maximum absolute atomic E-state index is 5.92. The molecule has 0 amide bonds. The molecule has 2 aromatic rings. The van der Waals surface area contributed by atoms with Gasteiger partial charge in [0.05, 0.1) is 26.4 Å². The summed E-state index contributed by atoms with van der Waals surface area (Å²) in [4.78, 5) is 5.02. The average Bonchev–Trinajstić information content (AvgIpc) is 2.88. The average molecular weight is 499 g/mol. The van der Waals surface area contributed by atoms with Gasteiger partial charge in [-0.15, -0.1) is 0 Å². The van der Waals surface area contributed by atoms with Crippen LogP contribution >= 0.6 is 0 Å². The molecule has 2 aromatic carbocycles. The van der Waals surface area contributed by atoms with Gasteiger partial charge in [0.15, 0.2) is 0 Å². The van der Waals surface area contributed by atoms with Crippen molar-refractivity contribution in [2.45, 2.75) is 13.1 Å². The Labute approximate surface area is 215 Å². The molecule has 3 aliphatic rings. The molecule has 1 saturated heterocycles. The van der Waals surface area contributed by atoms with Crippen molar-refractivity contribution >= 4 is 0 Å². The van der Waals surface area contributed by atoms with Crippen molar-refractivity contribution in [3.8, 4) is 11.5 Å². The minimum atomic E-state index is 0.525. The lowest BCUT2D eigenvalue weighted by Crippen LogP contribution is -2.42. The van der Waals surface area contributed by atoms with Crippen LogP contribution in [0.3, 0.4) is 0 Å². The first-order valence-corrected chi connectivity index (χ1v) is 13.3. The SMILES string of the molecule is c1cc2cc(c1)OCCOCCOCCOc1cccc(c1)CN1CCNCCN(CCNCC1)C2. The zero-order valence-electron chi connectivity index (χ0n) is 21.5. The second-order valence-electron chi connectivity index (χ2n) is 9.27. The van der Waals surface area contributed by atoms with E-state index >= 15 is 0 Å². The molecular formula is C28H42N4O4. The number of nitrogens with one attached hydrogen (secondary N) is 2. The van der Waals surface area contributed by atoms with Crippen LogP contribution in [-0.4, -0.2) is 102 Å². The van der Waals surface area contributed by atoms with Crippen molar-refractivity contribution in [1.29, 1.82) is 0 Å². The van der Waals surface area contributed by atoms with Crippen molar-refractivity contribution in [3.05, 3.63) is 59.7 Å². The molecule has 198 valence electrons. The summed E-state index contributed by atoms with van der Waals surface area (Å²) in [7, 11) is 0. The van der Waals surface area contributed by atoms with E-state index in [0.29, 0.717) is 39.6 Å². The number of benzene rings is 2. The lowest BCUT2D eigenvalue weighted by molar-refractivity contribution is 0.0273. The van der Waals surface area contributed by atoms with Crippen molar-refractivity contribution in [3.63, 3.8) is 0 Å². The summed E-state index contributed by atoms with van der Waals surface area (Å²) in [6.07, 6.45) is 0. The second kappa shape index (κ2) is 15.8. The standard InChI is InChI=1S/C28H42N4O4/c1-3-25-21-27(5-1)35-19-17-33-15-16-34-18-20-36-28-6-2-4-26(22-28)24-32-13-9-29-7-11-31(23-25)12-8-30-10-14-32/h1-6,21-22,29-30H,7-20,23-24H2. The van der Waals surface area contributed by atoms with Crippen LogP contribution in [0, 0.1) is 0 Å². The maximum atomic E-state index is 5.92. The highest BCUT2D eigenvalue weighted by Crippen LogP contribution is 2.16. The van der Waals surface area contributed by atoms with Crippen LogP contribution in [0.25, 0.3) is 0 Å². The molecule has 0 atom stereocenters. The number of hydrogen-bond donors (Lipinski definition) is 2. The van der Waals surface area contributed by atoms with Gasteiger partial charge in [0, 0.05) is 65.4 Å². The third kappa shape index (κ3) is 10.0. The molecule has 0 saturated carbocycles. The van der Waals surface area contributed by atoms with Crippen LogP contribution in [0.15, 0.2) is 48.5 Å². The van der Waals surface area contributed by atoms with E-state index in [2.05, 4.69) is 56.8 Å². The highest BCUT2D eigenvalue weighted by Gasteiger charge is 2.11. The van der Waals surface area contributed by atoms with E-state index < -0.39 is 0 Å². The fraction of sp³-hybridized carbons (Fsp3) is 0.571. The largest absolute Gasteiger partial charge is 0.491 e. The van der Waals surface area contributed by atoms with Crippen molar-refractivity contribution in [2.75, 3.05) is 92.0 Å². The fourth-order valence-electron chi connectivity index (χ4n) is 4.48. The van der Waals surface area contributed by atoms with Crippen LogP contribution in [0.2, 0.25) is 0 Å². The van der Waals surface area contributed by atoms with Crippen LogP contribution in [0.1, 0.15) is 11.1 Å². The van der Waals surface area contributed by atoms with Gasteiger partial charge in [-0.3, -0.25) is 9.80 Å². The Morgan fingerprint density at radius 3 is 1.39 bits per heavy atom. The number of ether oxygens (including phenoxy) is 4. The number of hydrogen-bond acceptors (Lipinski definition) is 8. The number of nitrogens with zero attached hydrogens (tertiary/aromatic N) is 2. The van der Waals surface area contributed by atoms with Gasteiger partial charge in [0.2, 0.25) is 0 Å². The van der Waals surface area contributed by atoms with E-state index in [9.17, 15) is 0 Å². The Morgan fingerprint density at radius 2 is 0.944 bits per heavy atom. The van der Waals surface area contributed by atoms with Crippen LogP contribution in [0.5, 0.6) is 11.5 Å². The first-order valence-electron chi connectivity index (χ1n) is 13.3. The van der Waals surface area contributed by atoms with Crippen LogP contribution in [-0.2, 0) is 22.6 Å². The molecule has 3 aliphatic heterocycles. The molecule has 8 nitrogen and oxygen atoms in total. The van der Waals surface area contributed by atoms with E-state index in [4.69, 9.17) is 18.9 Å². The zero-order valence-corrected chi connectivity index (χ0v) is 21.5. The Balaban J connectivity index is 1.39. The summed E-state index contributed by atoms with van der Waals surface area (Å²) < 4.78 is 23.1. The van der Waals surface area contributed by atoms with Crippen molar-refractivity contribution in [1.82, 2.24) is 20.4 Å². The van der Waals surface area contributed by atoms with E-state index in [0.717, 1.165) is 76.9 Å². The first kappa shape index (κ1) is 26.9. The molecule has 5 rings (SSSR count). The highest BCUT2D eigenvalue weighted by molar-refractivity contribution is 5.29. The molecule has 1 fully saturated rings. The molecule has 3 heterocycles. The Hall–Kier alpha value is -2.20. The normalized spacial score (nSPS) is 24.0. The topological polar surface area (TPSA) is 67.5 Å². The highest BCUT2D eigenvalue weighted by atomic mass is 16.6. The van der Waals surface area contributed by atoms with E-state index in [-0.39, 0.29) is 0 Å². The Morgan fingerprint density at radius 1 is 0.528 bits per heavy atom. The molecule has 0 aliphatic carbocycles. The Bertz CT molecular complexity index is 801. The molecule has 2 N–H and O–H groups in total. The van der Waals surface area contributed by atoms with Gasteiger partial charge in [0.25, 0.3) is 0 Å². The quantitative estimate of drug-likeness (QED) is 0.535. The number of fused-ring (bicyclic) bond motifs is 17. The Kier molecular flexibility index (Phi) is 11.8. The van der Waals surface area contributed by atoms with Crippen molar-refractivity contribution < 1.29 is 18.9 Å². The first-order chi connectivity index (χ1) is 17.8. The lowest BCUT2D eigenvalue weighted by Gasteiger charge is -2.27. The van der Waals surface area contributed by atoms with Gasteiger partial charge in [-0.1, -0.05) is 24.3 Å². The monoisotopic (exact) mass is 498 g/mol. The van der Waals surface area contributed by atoms with Gasteiger partial charge < -0.3 is 29.6 Å². The van der Waals surface area contributed by atoms with Gasteiger partial charge in [0.1, 0.15) is 24.7 Å². The molecule has 6 bridgehead atoms. The molecule has 0 aromatic heterocycles. The molecule has 0 unspecified atom stereocenters. The molecule has 0 spiro atoms. The smallest absolute Gasteiger partial charge is 0.119 e. The van der Waals surface area contributed by atoms with Gasteiger partial charge in [-0.25, -0.2) is 0 Å². The number of rotatable bonds is 0. The van der Waals surface area contributed by atoms with Gasteiger partial charge >= 0.3 is 0 Å². The van der Waals surface area contributed by atoms with Gasteiger partial charge in [-0.05, 0) is 35.4 Å². The molecular weight excluding hydrogens is 456 g/mol. The second-order valence-corrected chi connectivity index (χ2v) is 9.27. The predicted octanol–water partition coefficient (Wildman–Crippen LogP) is 1.99.